The Morgan fingerprint density at radius 2 is 1.94 bits per heavy atom. The molecule has 0 unspecified atom stereocenters. The Morgan fingerprint density at radius 3 is 2.69 bits per heavy atom. The Labute approximate surface area is 212 Å². The third-order valence-corrected chi connectivity index (χ3v) is 7.36. The van der Waals surface area contributed by atoms with E-state index in [0.29, 0.717) is 37.2 Å². The molecule has 1 aromatic carbocycles. The number of hydrogen-bond donors (Lipinski definition) is 2. The number of para-hydroxylation sites is 1. The van der Waals surface area contributed by atoms with E-state index in [1.807, 2.05) is 54.6 Å². The SMILES string of the molecule is NC(=O)N1CCC(N2CC(=Nc3ncc(Sc4ccccn4)cc3Oc3ccccc3)SN2)CC1. The number of likely N-dealkylation sites (tertiary alicyclic amines) is 1. The summed E-state index contributed by atoms with van der Waals surface area (Å²) in [6.07, 6.45) is 5.29. The van der Waals surface area contributed by atoms with Crippen LogP contribution in [0.1, 0.15) is 12.8 Å². The number of aromatic nitrogens is 2. The molecular weight excluding hydrogens is 482 g/mol. The van der Waals surface area contributed by atoms with Crippen molar-refractivity contribution in [3.63, 3.8) is 0 Å². The molecule has 2 saturated heterocycles. The molecule has 0 saturated carbocycles. The standard InChI is InChI=1S/C24H25N7O2S2/c25-24(32)30-12-9-17(10-13-30)31-16-22(35-29-31)28-23-20(33-18-6-2-1-3-7-18)14-19(15-27-23)34-21-8-4-5-11-26-21/h1-8,11,14-15,17,29H,9-10,12-13,16H2,(H2,25,32). The van der Waals surface area contributed by atoms with Crippen molar-refractivity contribution >= 4 is 40.6 Å². The summed E-state index contributed by atoms with van der Waals surface area (Å²) in [4.78, 5) is 31.2. The van der Waals surface area contributed by atoms with Crippen LogP contribution in [0, 0.1) is 0 Å². The van der Waals surface area contributed by atoms with Crippen LogP contribution in [-0.4, -0.2) is 56.6 Å². The predicted octanol–water partition coefficient (Wildman–Crippen LogP) is 4.46. The van der Waals surface area contributed by atoms with E-state index < -0.39 is 0 Å². The van der Waals surface area contributed by atoms with Gasteiger partial charge in [-0.05, 0) is 49.1 Å². The Hall–Kier alpha value is -3.12. The number of benzene rings is 1. The smallest absolute Gasteiger partial charge is 0.314 e. The molecule has 4 heterocycles. The monoisotopic (exact) mass is 507 g/mol. The molecule has 0 spiro atoms. The summed E-state index contributed by atoms with van der Waals surface area (Å²) in [6.45, 7) is 1.99. The van der Waals surface area contributed by atoms with Crippen molar-refractivity contribution < 1.29 is 9.53 Å². The lowest BCUT2D eigenvalue weighted by atomic mass is 10.1. The fourth-order valence-corrected chi connectivity index (χ4v) is 5.42. The van der Waals surface area contributed by atoms with Crippen molar-refractivity contribution in [1.82, 2.24) is 24.7 Å². The van der Waals surface area contributed by atoms with Crippen molar-refractivity contribution in [2.24, 2.45) is 10.7 Å². The quantitative estimate of drug-likeness (QED) is 0.471. The third-order valence-electron chi connectivity index (χ3n) is 5.67. The molecule has 180 valence electrons. The summed E-state index contributed by atoms with van der Waals surface area (Å²) in [7, 11) is 0. The number of nitrogens with two attached hydrogens (primary N) is 1. The first-order valence-electron chi connectivity index (χ1n) is 11.3. The second kappa shape index (κ2) is 11.1. The number of amides is 2. The fraction of sp³-hybridized carbons (Fsp3) is 0.250. The maximum Gasteiger partial charge on any atom is 0.314 e. The minimum Gasteiger partial charge on any atom is -0.453 e. The lowest BCUT2D eigenvalue weighted by molar-refractivity contribution is 0.124. The second-order valence-corrected chi connectivity index (χ2v) is 10.0. The molecule has 9 nitrogen and oxygen atoms in total. The molecule has 0 atom stereocenters. The maximum atomic E-state index is 11.4. The van der Waals surface area contributed by atoms with E-state index in [2.05, 4.69) is 19.8 Å². The number of ether oxygens (including phenoxy) is 1. The Bertz CT molecular complexity index is 1190. The van der Waals surface area contributed by atoms with Gasteiger partial charge in [-0.25, -0.2) is 24.8 Å². The number of piperidine rings is 1. The average Bonchev–Trinajstić information content (AvgIpc) is 3.35. The predicted molar refractivity (Wildman–Crippen MR) is 138 cm³/mol. The van der Waals surface area contributed by atoms with Crippen LogP contribution < -0.4 is 15.3 Å². The van der Waals surface area contributed by atoms with E-state index in [9.17, 15) is 4.79 Å². The summed E-state index contributed by atoms with van der Waals surface area (Å²) in [5.74, 6) is 1.82. The first-order valence-corrected chi connectivity index (χ1v) is 12.9. The molecule has 3 N–H and O–H groups in total. The summed E-state index contributed by atoms with van der Waals surface area (Å²) < 4.78 is 6.18. The number of urea groups is 1. The van der Waals surface area contributed by atoms with Crippen molar-refractivity contribution in [2.75, 3.05) is 19.6 Å². The van der Waals surface area contributed by atoms with E-state index in [0.717, 1.165) is 33.6 Å². The van der Waals surface area contributed by atoms with Gasteiger partial charge in [-0.2, -0.15) is 4.83 Å². The minimum absolute atomic E-state index is 0.316. The molecule has 35 heavy (non-hydrogen) atoms. The zero-order valence-corrected chi connectivity index (χ0v) is 20.5. The Balaban J connectivity index is 1.33. The molecule has 2 aliphatic rings. The zero-order chi connectivity index (χ0) is 24.0. The van der Waals surface area contributed by atoms with Crippen molar-refractivity contribution in [2.45, 2.75) is 28.8 Å². The van der Waals surface area contributed by atoms with Crippen LogP contribution in [-0.2, 0) is 0 Å². The second-order valence-electron chi connectivity index (χ2n) is 8.06. The Morgan fingerprint density at radius 1 is 1.14 bits per heavy atom. The number of pyridine rings is 2. The highest BCUT2D eigenvalue weighted by Crippen LogP contribution is 2.36. The molecule has 0 bridgehead atoms. The van der Waals surface area contributed by atoms with E-state index in [1.54, 1.807) is 17.3 Å². The molecule has 5 rings (SSSR count). The van der Waals surface area contributed by atoms with Crippen LogP contribution in [0.4, 0.5) is 10.6 Å². The maximum absolute atomic E-state index is 11.4. The highest BCUT2D eigenvalue weighted by Gasteiger charge is 2.30. The highest BCUT2D eigenvalue weighted by atomic mass is 32.2. The van der Waals surface area contributed by atoms with Crippen LogP contribution in [0.2, 0.25) is 0 Å². The number of hydrogen-bond acceptors (Lipinski definition) is 9. The lowest BCUT2D eigenvalue weighted by Crippen LogP contribution is -2.49. The molecule has 0 aliphatic carbocycles. The van der Waals surface area contributed by atoms with Gasteiger partial charge in [0.2, 0.25) is 0 Å². The first-order chi connectivity index (χ1) is 17.1. The zero-order valence-electron chi connectivity index (χ0n) is 18.9. The number of carbonyl (C=O) groups is 1. The normalized spacial score (nSPS) is 18.2. The topological polar surface area (TPSA) is 109 Å². The van der Waals surface area contributed by atoms with Gasteiger partial charge in [-0.15, -0.1) is 0 Å². The molecule has 2 amide bonds. The van der Waals surface area contributed by atoms with Crippen LogP contribution in [0.5, 0.6) is 11.5 Å². The summed E-state index contributed by atoms with van der Waals surface area (Å²) in [6, 6.07) is 17.3. The average molecular weight is 508 g/mol. The van der Waals surface area contributed by atoms with Gasteiger partial charge in [0.15, 0.2) is 11.6 Å². The highest BCUT2D eigenvalue weighted by molar-refractivity contribution is 8.12. The van der Waals surface area contributed by atoms with E-state index in [-0.39, 0.29) is 6.03 Å². The molecular formula is C24H25N7O2S2. The third kappa shape index (κ3) is 6.12. The molecule has 0 radical (unpaired) electrons. The van der Waals surface area contributed by atoms with Crippen LogP contribution in [0.15, 0.2) is 81.9 Å². The number of carbonyl (C=O) groups excluding carboxylic acids is 1. The first kappa shape index (κ1) is 23.6. The van der Waals surface area contributed by atoms with Gasteiger partial charge in [-0.3, -0.25) is 0 Å². The van der Waals surface area contributed by atoms with Crippen molar-refractivity contribution in [3.8, 4) is 11.5 Å². The van der Waals surface area contributed by atoms with Crippen molar-refractivity contribution in [1.29, 1.82) is 0 Å². The van der Waals surface area contributed by atoms with Gasteiger partial charge in [0.05, 0.1) is 6.54 Å². The number of aliphatic imine (C=N–C) groups is 1. The van der Waals surface area contributed by atoms with Gasteiger partial charge in [0.1, 0.15) is 15.8 Å². The van der Waals surface area contributed by atoms with Gasteiger partial charge < -0.3 is 15.4 Å². The van der Waals surface area contributed by atoms with E-state index >= 15 is 0 Å². The fourth-order valence-electron chi connectivity index (χ4n) is 3.88. The number of nitrogens with zero attached hydrogens (tertiary/aromatic N) is 5. The molecule has 2 fully saturated rings. The van der Waals surface area contributed by atoms with Gasteiger partial charge in [0, 0.05) is 42.5 Å². The molecule has 2 aliphatic heterocycles. The molecule has 2 aromatic heterocycles. The summed E-state index contributed by atoms with van der Waals surface area (Å²) in [5, 5.41) is 3.95. The molecule has 3 aromatic rings. The molecule has 11 heteroatoms. The number of nitrogens with one attached hydrogen (secondary N) is 1. The summed E-state index contributed by atoms with van der Waals surface area (Å²) in [5.41, 5.74) is 5.41. The van der Waals surface area contributed by atoms with Crippen LogP contribution in [0.3, 0.4) is 0 Å². The van der Waals surface area contributed by atoms with Gasteiger partial charge in [-0.1, -0.05) is 36.0 Å². The van der Waals surface area contributed by atoms with Crippen molar-refractivity contribution in [3.05, 3.63) is 67.0 Å². The number of hydrazine groups is 1. The number of rotatable bonds is 6. The largest absolute Gasteiger partial charge is 0.453 e. The number of primary amides is 1. The van der Waals surface area contributed by atoms with E-state index in [1.165, 1.54) is 23.7 Å². The van der Waals surface area contributed by atoms with E-state index in [4.69, 9.17) is 15.5 Å². The van der Waals surface area contributed by atoms with Gasteiger partial charge >= 0.3 is 6.03 Å². The lowest BCUT2D eigenvalue weighted by Gasteiger charge is -2.34. The Kier molecular flexibility index (Phi) is 7.48. The van der Waals surface area contributed by atoms with Crippen LogP contribution in [0.25, 0.3) is 0 Å². The van der Waals surface area contributed by atoms with Crippen LogP contribution >= 0.6 is 23.7 Å². The minimum atomic E-state index is -0.351. The van der Waals surface area contributed by atoms with Gasteiger partial charge in [0.25, 0.3) is 0 Å². The summed E-state index contributed by atoms with van der Waals surface area (Å²) >= 11 is 3.00.